The number of anilines is 2. The molecule has 0 amide bonds. The molecule has 146 valence electrons. The minimum Gasteiger partial charge on any atom is -0.486 e. The van der Waals surface area contributed by atoms with Gasteiger partial charge >= 0.3 is 0 Å². The first-order valence-electron chi connectivity index (χ1n) is 9.94. The second-order valence-electron chi connectivity index (χ2n) is 7.84. The van der Waals surface area contributed by atoms with Gasteiger partial charge < -0.3 is 20.7 Å². The first-order valence-corrected chi connectivity index (χ1v) is 9.94. The number of rotatable bonds is 3. The summed E-state index contributed by atoms with van der Waals surface area (Å²) in [4.78, 5) is 7.22. The number of benzene rings is 1. The Bertz CT molecular complexity index is 1010. The molecule has 0 atom stereocenters. The molecule has 0 spiro atoms. The maximum atomic E-state index is 6.33. The topological polar surface area (TPSA) is 80.7 Å². The summed E-state index contributed by atoms with van der Waals surface area (Å²) in [5, 5.41) is 8.02. The van der Waals surface area contributed by atoms with Gasteiger partial charge in [0.1, 0.15) is 17.7 Å². The van der Waals surface area contributed by atoms with Crippen molar-refractivity contribution in [2.75, 3.05) is 36.8 Å². The third-order valence-corrected chi connectivity index (χ3v) is 5.70. The highest BCUT2D eigenvalue weighted by Crippen LogP contribution is 2.33. The number of nitrogens with two attached hydrogens (primary N) is 1. The highest BCUT2D eigenvalue weighted by Gasteiger charge is 2.34. The van der Waals surface area contributed by atoms with Crippen molar-refractivity contribution in [3.63, 3.8) is 0 Å². The molecule has 0 unspecified atom stereocenters. The molecular formula is C21H26N6O. The SMILES string of the molecule is Cc1cc(N)cc(C)c1OC1CN(c2c3c(nc4ccnn24)CCNCC3)C1. The Hall–Kier alpha value is -2.80. The van der Waals surface area contributed by atoms with Crippen LogP contribution < -0.4 is 20.7 Å². The molecule has 3 N–H and O–H groups in total. The Labute approximate surface area is 164 Å². The number of aryl methyl sites for hydroxylation is 2. The van der Waals surface area contributed by atoms with Crippen LogP contribution in [0.5, 0.6) is 5.75 Å². The molecule has 0 radical (unpaired) electrons. The van der Waals surface area contributed by atoms with Gasteiger partial charge in [-0.3, -0.25) is 0 Å². The molecule has 7 heteroatoms. The van der Waals surface area contributed by atoms with Gasteiger partial charge in [-0.25, -0.2) is 4.98 Å². The maximum Gasteiger partial charge on any atom is 0.157 e. The first-order chi connectivity index (χ1) is 13.6. The van der Waals surface area contributed by atoms with Crippen molar-refractivity contribution in [2.45, 2.75) is 32.8 Å². The minimum atomic E-state index is 0.166. The Balaban J connectivity index is 1.41. The van der Waals surface area contributed by atoms with E-state index in [0.717, 1.165) is 67.2 Å². The number of fused-ring (bicyclic) bond motifs is 2. The predicted molar refractivity (Wildman–Crippen MR) is 110 cm³/mol. The molecule has 0 aliphatic carbocycles. The number of hydrogen-bond donors (Lipinski definition) is 2. The summed E-state index contributed by atoms with van der Waals surface area (Å²) in [7, 11) is 0. The highest BCUT2D eigenvalue weighted by atomic mass is 16.5. The van der Waals surface area contributed by atoms with E-state index in [1.165, 1.54) is 17.1 Å². The van der Waals surface area contributed by atoms with Crippen LogP contribution in [0.3, 0.4) is 0 Å². The van der Waals surface area contributed by atoms with Crippen molar-refractivity contribution in [3.05, 3.63) is 46.8 Å². The quantitative estimate of drug-likeness (QED) is 0.678. The zero-order valence-electron chi connectivity index (χ0n) is 16.4. The van der Waals surface area contributed by atoms with Crippen LogP contribution in [0.2, 0.25) is 0 Å². The van der Waals surface area contributed by atoms with E-state index >= 15 is 0 Å². The lowest BCUT2D eigenvalue weighted by Gasteiger charge is -2.42. The van der Waals surface area contributed by atoms with Crippen LogP contribution in [0.4, 0.5) is 11.5 Å². The van der Waals surface area contributed by atoms with Crippen molar-refractivity contribution >= 4 is 17.2 Å². The number of hydrogen-bond acceptors (Lipinski definition) is 6. The van der Waals surface area contributed by atoms with Crippen LogP contribution in [0.25, 0.3) is 5.65 Å². The average molecular weight is 378 g/mol. The van der Waals surface area contributed by atoms with Gasteiger partial charge in [0.15, 0.2) is 5.65 Å². The van der Waals surface area contributed by atoms with E-state index in [-0.39, 0.29) is 6.10 Å². The van der Waals surface area contributed by atoms with Crippen LogP contribution in [-0.2, 0) is 12.8 Å². The molecule has 2 aliphatic heterocycles. The molecule has 1 saturated heterocycles. The third kappa shape index (κ3) is 2.86. The summed E-state index contributed by atoms with van der Waals surface area (Å²) in [5.74, 6) is 2.14. The zero-order chi connectivity index (χ0) is 19.3. The van der Waals surface area contributed by atoms with Gasteiger partial charge in [-0.05, 0) is 50.1 Å². The number of nitrogens with one attached hydrogen (secondary N) is 1. The summed E-state index contributed by atoms with van der Waals surface area (Å²) in [5.41, 5.74) is 12.3. The molecule has 5 rings (SSSR count). The number of nitrogens with zero attached hydrogens (tertiary/aromatic N) is 4. The predicted octanol–water partition coefficient (Wildman–Crippen LogP) is 1.88. The van der Waals surface area contributed by atoms with E-state index in [1.54, 1.807) is 0 Å². The molecule has 3 aromatic rings. The van der Waals surface area contributed by atoms with Gasteiger partial charge in [0.05, 0.1) is 25.0 Å². The molecule has 0 saturated carbocycles. The molecule has 1 aromatic carbocycles. The number of nitrogen functional groups attached to an aromatic ring is 1. The largest absolute Gasteiger partial charge is 0.486 e. The Morgan fingerprint density at radius 1 is 1.14 bits per heavy atom. The second kappa shape index (κ2) is 6.67. The minimum absolute atomic E-state index is 0.166. The van der Waals surface area contributed by atoms with Crippen molar-refractivity contribution in [2.24, 2.45) is 0 Å². The van der Waals surface area contributed by atoms with Crippen LogP contribution in [0.1, 0.15) is 22.4 Å². The Kier molecular flexibility index (Phi) is 4.12. The first kappa shape index (κ1) is 17.3. The second-order valence-corrected chi connectivity index (χ2v) is 7.84. The van der Waals surface area contributed by atoms with Crippen molar-refractivity contribution in [3.8, 4) is 5.75 Å². The van der Waals surface area contributed by atoms with E-state index in [9.17, 15) is 0 Å². The van der Waals surface area contributed by atoms with Gasteiger partial charge in [-0.2, -0.15) is 9.61 Å². The Morgan fingerprint density at radius 3 is 2.68 bits per heavy atom. The maximum absolute atomic E-state index is 6.33. The van der Waals surface area contributed by atoms with E-state index in [0.29, 0.717) is 0 Å². The van der Waals surface area contributed by atoms with Gasteiger partial charge in [0.25, 0.3) is 0 Å². The zero-order valence-corrected chi connectivity index (χ0v) is 16.4. The van der Waals surface area contributed by atoms with Crippen LogP contribution in [0, 0.1) is 13.8 Å². The molecule has 2 aliphatic rings. The molecule has 7 nitrogen and oxygen atoms in total. The lowest BCUT2D eigenvalue weighted by atomic mass is 10.0. The summed E-state index contributed by atoms with van der Waals surface area (Å²) in [6.07, 6.45) is 3.94. The molecular weight excluding hydrogens is 352 g/mol. The molecule has 1 fully saturated rings. The highest BCUT2D eigenvalue weighted by molar-refractivity contribution is 5.59. The van der Waals surface area contributed by atoms with Crippen LogP contribution in [-0.4, -0.2) is 46.9 Å². The smallest absolute Gasteiger partial charge is 0.157 e. The van der Waals surface area contributed by atoms with Crippen molar-refractivity contribution < 1.29 is 4.74 Å². The summed E-state index contributed by atoms with van der Waals surface area (Å²) < 4.78 is 8.31. The van der Waals surface area contributed by atoms with Crippen LogP contribution >= 0.6 is 0 Å². The fraction of sp³-hybridized carbons (Fsp3) is 0.429. The normalized spacial score (nSPS) is 17.3. The summed E-state index contributed by atoms with van der Waals surface area (Å²) >= 11 is 0. The third-order valence-electron chi connectivity index (χ3n) is 5.70. The molecule has 28 heavy (non-hydrogen) atoms. The molecule has 4 heterocycles. The van der Waals surface area contributed by atoms with Gasteiger partial charge in [-0.1, -0.05) is 0 Å². The van der Waals surface area contributed by atoms with Gasteiger partial charge in [-0.15, -0.1) is 0 Å². The van der Waals surface area contributed by atoms with Crippen molar-refractivity contribution in [1.29, 1.82) is 0 Å². The van der Waals surface area contributed by atoms with Gasteiger partial charge in [0, 0.05) is 30.3 Å². The fourth-order valence-electron chi connectivity index (χ4n) is 4.36. The van der Waals surface area contributed by atoms with Crippen LogP contribution in [0.15, 0.2) is 24.4 Å². The number of aromatic nitrogens is 3. The lowest BCUT2D eigenvalue weighted by Crippen LogP contribution is -2.55. The Morgan fingerprint density at radius 2 is 1.89 bits per heavy atom. The van der Waals surface area contributed by atoms with Gasteiger partial charge in [0.2, 0.25) is 0 Å². The molecule has 2 aromatic heterocycles. The lowest BCUT2D eigenvalue weighted by molar-refractivity contribution is 0.164. The summed E-state index contributed by atoms with van der Waals surface area (Å²) in [6.45, 7) is 7.76. The van der Waals surface area contributed by atoms with E-state index < -0.39 is 0 Å². The van der Waals surface area contributed by atoms with E-state index in [1.807, 2.05) is 28.9 Å². The monoisotopic (exact) mass is 378 g/mol. The average Bonchev–Trinajstić information content (AvgIpc) is 2.95. The van der Waals surface area contributed by atoms with E-state index in [2.05, 4.69) is 29.2 Å². The van der Waals surface area contributed by atoms with E-state index in [4.69, 9.17) is 15.5 Å². The number of ether oxygens (including phenoxy) is 1. The fourth-order valence-corrected chi connectivity index (χ4v) is 4.36. The molecule has 0 bridgehead atoms. The summed E-state index contributed by atoms with van der Waals surface area (Å²) in [6, 6.07) is 5.93. The van der Waals surface area contributed by atoms with Crippen molar-refractivity contribution in [1.82, 2.24) is 19.9 Å². The standard InChI is InChI=1S/C21H26N6O/c1-13-9-15(22)10-14(2)20(13)28-16-11-26(12-16)21-17-3-6-23-7-4-18(17)25-19-5-8-24-27(19)21/h5,8-10,16,23H,3-4,6-7,11-12,22H2,1-2H3.